The molecule has 3 atom stereocenters. The number of nitrogens with one attached hydrogen (secondary N) is 1. The van der Waals surface area contributed by atoms with Crippen molar-refractivity contribution in [3.63, 3.8) is 0 Å². The van der Waals surface area contributed by atoms with Crippen molar-refractivity contribution in [3.8, 4) is 0 Å². The fourth-order valence-electron chi connectivity index (χ4n) is 5.02. The molecule has 0 spiro atoms. The van der Waals surface area contributed by atoms with Crippen LogP contribution in [0.3, 0.4) is 0 Å². The van der Waals surface area contributed by atoms with Crippen LogP contribution in [0.4, 0.5) is 10.3 Å². The Hall–Kier alpha value is -3.11. The Kier molecular flexibility index (Phi) is 7.66. The number of alkyl halides is 1. The van der Waals surface area contributed by atoms with Gasteiger partial charge in [0.25, 0.3) is 5.91 Å². The minimum atomic E-state index is -1.31. The SMILES string of the molecule is CCC(C)n1cc(C(=O)NC2CCOCC2)c2cnc(Cc3ccnc(N4CC[C@@H](O)[C@@H](F)C4)n3)cc21. The number of aliphatic hydroxyl groups is 1. The van der Waals surface area contributed by atoms with Crippen LogP contribution in [0.2, 0.25) is 0 Å². The molecule has 0 aromatic carbocycles. The second-order valence-corrected chi connectivity index (χ2v) is 10.1. The number of fused-ring (bicyclic) bond motifs is 1. The molecule has 5 heterocycles. The third-order valence-corrected chi connectivity index (χ3v) is 7.49. The van der Waals surface area contributed by atoms with E-state index in [1.807, 2.05) is 18.3 Å². The van der Waals surface area contributed by atoms with E-state index in [-0.39, 0.29) is 24.5 Å². The minimum absolute atomic E-state index is 0.0771. The van der Waals surface area contributed by atoms with Gasteiger partial charge in [-0.1, -0.05) is 6.92 Å². The van der Waals surface area contributed by atoms with Crippen molar-refractivity contribution in [2.45, 2.75) is 70.3 Å². The van der Waals surface area contributed by atoms with Gasteiger partial charge in [0.05, 0.1) is 29.4 Å². The van der Waals surface area contributed by atoms with Gasteiger partial charge in [-0.25, -0.2) is 14.4 Å². The average Bonchev–Trinajstić information content (AvgIpc) is 3.29. The van der Waals surface area contributed by atoms with Crippen LogP contribution in [0, 0.1) is 0 Å². The van der Waals surface area contributed by atoms with Gasteiger partial charge in [0, 0.05) is 67.9 Å². The number of hydrogen-bond acceptors (Lipinski definition) is 7. The van der Waals surface area contributed by atoms with E-state index in [1.165, 1.54) is 0 Å². The molecule has 2 aliphatic heterocycles. The van der Waals surface area contributed by atoms with Crippen LogP contribution < -0.4 is 10.2 Å². The summed E-state index contributed by atoms with van der Waals surface area (Å²) in [7, 11) is 0. The number of pyridine rings is 1. The second kappa shape index (κ2) is 11.1. The van der Waals surface area contributed by atoms with Gasteiger partial charge >= 0.3 is 0 Å². The first-order valence-electron chi connectivity index (χ1n) is 13.2. The predicted octanol–water partition coefficient (Wildman–Crippen LogP) is 3.21. The van der Waals surface area contributed by atoms with Gasteiger partial charge in [-0.3, -0.25) is 9.78 Å². The van der Waals surface area contributed by atoms with E-state index in [0.29, 0.717) is 44.1 Å². The minimum Gasteiger partial charge on any atom is -0.390 e. The molecule has 1 unspecified atom stereocenters. The van der Waals surface area contributed by atoms with Crippen LogP contribution in [-0.2, 0) is 11.2 Å². The highest BCUT2D eigenvalue weighted by atomic mass is 19.1. The Labute approximate surface area is 216 Å². The Morgan fingerprint density at radius 3 is 2.84 bits per heavy atom. The van der Waals surface area contributed by atoms with Gasteiger partial charge in [-0.2, -0.15) is 0 Å². The highest BCUT2D eigenvalue weighted by molar-refractivity contribution is 6.07. The lowest BCUT2D eigenvalue weighted by Gasteiger charge is -2.32. The first-order chi connectivity index (χ1) is 17.9. The lowest BCUT2D eigenvalue weighted by atomic mass is 10.1. The number of nitrogens with zero attached hydrogens (tertiary/aromatic N) is 5. The molecule has 37 heavy (non-hydrogen) atoms. The third kappa shape index (κ3) is 5.60. The number of rotatable bonds is 7. The van der Waals surface area contributed by atoms with Crippen LogP contribution in [0.15, 0.2) is 30.7 Å². The summed E-state index contributed by atoms with van der Waals surface area (Å²) in [5, 5.41) is 13.7. The van der Waals surface area contributed by atoms with Gasteiger partial charge < -0.3 is 24.6 Å². The molecule has 0 bridgehead atoms. The summed E-state index contributed by atoms with van der Waals surface area (Å²) in [6, 6.07) is 4.21. The number of carbonyl (C=O) groups excluding carboxylic acids is 1. The molecule has 5 rings (SSSR count). The van der Waals surface area contributed by atoms with E-state index >= 15 is 0 Å². The molecule has 2 fully saturated rings. The number of carbonyl (C=O) groups is 1. The van der Waals surface area contributed by atoms with Gasteiger partial charge in [0.2, 0.25) is 5.95 Å². The van der Waals surface area contributed by atoms with Crippen LogP contribution in [0.25, 0.3) is 10.9 Å². The van der Waals surface area contributed by atoms with Crippen molar-refractivity contribution in [2.75, 3.05) is 31.2 Å². The van der Waals surface area contributed by atoms with Gasteiger partial charge in [-0.15, -0.1) is 0 Å². The molecule has 2 N–H and O–H groups in total. The monoisotopic (exact) mass is 510 g/mol. The zero-order chi connectivity index (χ0) is 25.9. The number of aromatic nitrogens is 4. The normalized spacial score (nSPS) is 21.8. The quantitative estimate of drug-likeness (QED) is 0.503. The molecule has 9 nitrogen and oxygen atoms in total. The molecule has 3 aromatic rings. The van der Waals surface area contributed by atoms with Gasteiger partial charge in [0.15, 0.2) is 0 Å². The highest BCUT2D eigenvalue weighted by Gasteiger charge is 2.29. The average molecular weight is 511 g/mol. The Balaban J connectivity index is 1.39. The third-order valence-electron chi connectivity index (χ3n) is 7.49. The number of ether oxygens (including phenoxy) is 1. The molecule has 3 aromatic heterocycles. The topological polar surface area (TPSA) is 105 Å². The second-order valence-electron chi connectivity index (χ2n) is 10.1. The molecule has 2 aliphatic rings. The Morgan fingerprint density at radius 1 is 1.27 bits per heavy atom. The number of halogens is 1. The Morgan fingerprint density at radius 2 is 2.08 bits per heavy atom. The smallest absolute Gasteiger partial charge is 0.253 e. The maximum absolute atomic E-state index is 14.0. The van der Waals surface area contributed by atoms with Crippen molar-refractivity contribution >= 4 is 22.8 Å². The van der Waals surface area contributed by atoms with E-state index in [0.717, 1.165) is 41.6 Å². The van der Waals surface area contributed by atoms with Crippen LogP contribution in [-0.4, -0.2) is 75.2 Å². The number of anilines is 1. The molecular formula is C27H35FN6O3. The van der Waals surface area contributed by atoms with E-state index in [2.05, 4.69) is 38.7 Å². The maximum atomic E-state index is 14.0. The van der Waals surface area contributed by atoms with Crippen molar-refractivity contribution < 1.29 is 19.0 Å². The zero-order valence-electron chi connectivity index (χ0n) is 21.4. The molecule has 10 heteroatoms. The van der Waals surface area contributed by atoms with Gasteiger partial charge in [-0.05, 0) is 44.7 Å². The van der Waals surface area contributed by atoms with Gasteiger partial charge in [0.1, 0.15) is 6.17 Å². The first kappa shape index (κ1) is 25.5. The highest BCUT2D eigenvalue weighted by Crippen LogP contribution is 2.27. The lowest BCUT2D eigenvalue weighted by molar-refractivity contribution is 0.0611. The maximum Gasteiger partial charge on any atom is 0.253 e. The largest absolute Gasteiger partial charge is 0.390 e. The van der Waals surface area contributed by atoms with E-state index in [4.69, 9.17) is 4.74 Å². The summed E-state index contributed by atoms with van der Waals surface area (Å²) in [4.78, 5) is 28.6. The van der Waals surface area contributed by atoms with E-state index < -0.39 is 12.3 Å². The Bertz CT molecular complexity index is 1240. The summed E-state index contributed by atoms with van der Waals surface area (Å²) in [5.74, 6) is 0.384. The summed E-state index contributed by atoms with van der Waals surface area (Å²) >= 11 is 0. The molecule has 0 aliphatic carbocycles. The molecule has 0 radical (unpaired) electrons. The molecule has 2 saturated heterocycles. The fraction of sp³-hybridized carbons (Fsp3) is 0.556. The standard InChI is InChI=1S/C27H35FN6O3/c1-3-17(2)34-15-22(26(36)31-18-6-10-37-11-7-18)21-14-30-20(13-24(21)34)12-19-4-8-29-27(32-19)33-9-5-25(35)23(28)16-33/h4,8,13-15,17-18,23,25,35H,3,5-7,9-12,16H2,1-2H3,(H,31,36)/t17?,23-,25+/m0/s1. The molecule has 1 amide bonds. The zero-order valence-corrected chi connectivity index (χ0v) is 21.4. The predicted molar refractivity (Wildman–Crippen MR) is 139 cm³/mol. The number of amides is 1. The van der Waals surface area contributed by atoms with Crippen molar-refractivity contribution in [1.82, 2.24) is 24.8 Å². The van der Waals surface area contributed by atoms with Crippen LogP contribution in [0.5, 0.6) is 0 Å². The number of hydrogen-bond donors (Lipinski definition) is 2. The van der Waals surface area contributed by atoms with Crippen LogP contribution >= 0.6 is 0 Å². The van der Waals surface area contributed by atoms with Crippen LogP contribution in [0.1, 0.15) is 67.3 Å². The molecule has 198 valence electrons. The summed E-state index contributed by atoms with van der Waals surface area (Å²) in [6.45, 7) is 6.20. The summed E-state index contributed by atoms with van der Waals surface area (Å²) < 4.78 is 21.6. The summed E-state index contributed by atoms with van der Waals surface area (Å²) in [6.07, 6.45) is 6.57. The lowest BCUT2D eigenvalue weighted by Crippen LogP contribution is -2.45. The number of aliphatic hydroxyl groups excluding tert-OH is 1. The first-order valence-corrected chi connectivity index (χ1v) is 13.2. The number of piperidine rings is 1. The summed E-state index contributed by atoms with van der Waals surface area (Å²) in [5.41, 5.74) is 3.21. The van der Waals surface area contributed by atoms with Crippen molar-refractivity contribution in [1.29, 1.82) is 0 Å². The van der Waals surface area contributed by atoms with E-state index in [9.17, 15) is 14.3 Å². The van der Waals surface area contributed by atoms with Crippen molar-refractivity contribution in [3.05, 3.63) is 47.7 Å². The van der Waals surface area contributed by atoms with Crippen molar-refractivity contribution in [2.24, 2.45) is 0 Å². The molecule has 0 saturated carbocycles. The fourth-order valence-corrected chi connectivity index (χ4v) is 5.02. The van der Waals surface area contributed by atoms with E-state index in [1.54, 1.807) is 17.3 Å². The molecular weight excluding hydrogens is 475 g/mol.